The fourth-order valence-electron chi connectivity index (χ4n) is 1.71. The minimum atomic E-state index is 0.415. The molecule has 0 aliphatic carbocycles. The molecule has 1 aromatic carbocycles. The molecule has 2 aromatic rings. The zero-order valence-corrected chi connectivity index (χ0v) is 12.4. The van der Waals surface area contributed by atoms with Crippen LogP contribution in [0.2, 0.25) is 0 Å². The van der Waals surface area contributed by atoms with Gasteiger partial charge in [-0.05, 0) is 41.1 Å². The molecule has 0 saturated carbocycles. The molecule has 0 spiro atoms. The Kier molecular flexibility index (Phi) is 3.90. The summed E-state index contributed by atoms with van der Waals surface area (Å²) in [5, 5.41) is 4.16. The molecule has 0 bridgehead atoms. The summed E-state index contributed by atoms with van der Waals surface area (Å²) >= 11 is 3.40. The molecular formula is C13H13BrN2O3. The Balaban J connectivity index is 2.39. The molecule has 0 N–H and O–H groups in total. The normalized spacial score (nSPS) is 10.3. The van der Waals surface area contributed by atoms with Crippen molar-refractivity contribution < 1.29 is 14.3 Å². The highest BCUT2D eigenvalue weighted by Gasteiger charge is 2.16. The number of hydrogen-bond donors (Lipinski definition) is 0. The minimum Gasteiger partial charge on any atom is -0.497 e. The van der Waals surface area contributed by atoms with Crippen LogP contribution in [-0.4, -0.2) is 23.2 Å². The highest BCUT2D eigenvalue weighted by Crippen LogP contribution is 2.34. The second-order valence-electron chi connectivity index (χ2n) is 3.94. The van der Waals surface area contributed by atoms with E-state index in [1.54, 1.807) is 39.3 Å². The monoisotopic (exact) mass is 324 g/mol. The lowest BCUT2D eigenvalue weighted by atomic mass is 10.3. The van der Waals surface area contributed by atoms with Crippen LogP contribution in [0.25, 0.3) is 0 Å². The lowest BCUT2D eigenvalue weighted by molar-refractivity contribution is 0.112. The Morgan fingerprint density at radius 3 is 2.74 bits per heavy atom. The SMILES string of the molecule is COc1ccc(Oc2c(C=O)c(C)nn2C)c(Br)c1. The second kappa shape index (κ2) is 5.44. The number of carbonyl (C=O) groups is 1. The van der Waals surface area contributed by atoms with E-state index in [0.717, 1.165) is 16.5 Å². The Labute approximate surface area is 119 Å². The lowest BCUT2D eigenvalue weighted by Gasteiger charge is -2.09. The van der Waals surface area contributed by atoms with Crippen LogP contribution in [0.5, 0.6) is 17.4 Å². The second-order valence-corrected chi connectivity index (χ2v) is 4.80. The third-order valence-electron chi connectivity index (χ3n) is 2.68. The summed E-state index contributed by atoms with van der Waals surface area (Å²) in [5.74, 6) is 1.72. The highest BCUT2D eigenvalue weighted by molar-refractivity contribution is 9.10. The summed E-state index contributed by atoms with van der Waals surface area (Å²) in [4.78, 5) is 11.1. The van der Waals surface area contributed by atoms with Crippen LogP contribution in [0.3, 0.4) is 0 Å². The summed E-state index contributed by atoms with van der Waals surface area (Å²) in [6.07, 6.45) is 0.745. The quantitative estimate of drug-likeness (QED) is 0.811. The van der Waals surface area contributed by atoms with Gasteiger partial charge in [-0.25, -0.2) is 4.68 Å². The molecule has 1 heterocycles. The topological polar surface area (TPSA) is 53.4 Å². The first-order valence-corrected chi connectivity index (χ1v) is 6.36. The highest BCUT2D eigenvalue weighted by atomic mass is 79.9. The van der Waals surface area contributed by atoms with Crippen molar-refractivity contribution in [1.82, 2.24) is 9.78 Å². The van der Waals surface area contributed by atoms with Gasteiger partial charge >= 0.3 is 0 Å². The Morgan fingerprint density at radius 2 is 2.16 bits per heavy atom. The van der Waals surface area contributed by atoms with Gasteiger partial charge in [0.25, 0.3) is 0 Å². The number of benzene rings is 1. The zero-order chi connectivity index (χ0) is 14.0. The van der Waals surface area contributed by atoms with Crippen molar-refractivity contribution in [2.24, 2.45) is 7.05 Å². The third-order valence-corrected chi connectivity index (χ3v) is 3.30. The van der Waals surface area contributed by atoms with E-state index >= 15 is 0 Å². The van der Waals surface area contributed by atoms with E-state index in [2.05, 4.69) is 21.0 Å². The molecule has 0 aliphatic heterocycles. The summed E-state index contributed by atoms with van der Waals surface area (Å²) in [7, 11) is 3.32. The van der Waals surface area contributed by atoms with Crippen molar-refractivity contribution in [3.8, 4) is 17.4 Å². The lowest BCUT2D eigenvalue weighted by Crippen LogP contribution is -1.97. The van der Waals surface area contributed by atoms with E-state index in [0.29, 0.717) is 22.9 Å². The van der Waals surface area contributed by atoms with E-state index in [1.165, 1.54) is 4.68 Å². The number of nitrogens with zero attached hydrogens (tertiary/aromatic N) is 2. The van der Waals surface area contributed by atoms with Gasteiger partial charge in [-0.15, -0.1) is 0 Å². The molecule has 0 aliphatic rings. The Morgan fingerprint density at radius 1 is 1.42 bits per heavy atom. The van der Waals surface area contributed by atoms with Gasteiger partial charge in [0.1, 0.15) is 11.5 Å². The maximum Gasteiger partial charge on any atom is 0.228 e. The Hall–Kier alpha value is -1.82. The summed E-state index contributed by atoms with van der Waals surface area (Å²) in [6.45, 7) is 1.76. The molecule has 0 fully saturated rings. The predicted molar refractivity (Wildman–Crippen MR) is 74.1 cm³/mol. The van der Waals surface area contributed by atoms with Gasteiger partial charge in [0.05, 0.1) is 22.8 Å². The average Bonchev–Trinajstić information content (AvgIpc) is 2.66. The summed E-state index contributed by atoms with van der Waals surface area (Å²) < 4.78 is 13.1. The van der Waals surface area contributed by atoms with Crippen LogP contribution in [0.15, 0.2) is 22.7 Å². The van der Waals surface area contributed by atoms with E-state index in [-0.39, 0.29) is 0 Å². The van der Waals surface area contributed by atoms with Crippen molar-refractivity contribution in [2.45, 2.75) is 6.92 Å². The maximum absolute atomic E-state index is 11.1. The van der Waals surface area contributed by atoms with E-state index in [4.69, 9.17) is 9.47 Å². The number of hydrogen-bond acceptors (Lipinski definition) is 4. The molecule has 0 amide bonds. The number of ether oxygens (including phenoxy) is 2. The summed E-state index contributed by atoms with van der Waals surface area (Å²) in [6, 6.07) is 5.34. The van der Waals surface area contributed by atoms with Gasteiger partial charge in [-0.1, -0.05) is 0 Å². The number of aryl methyl sites for hydroxylation is 2. The fourth-order valence-corrected chi connectivity index (χ4v) is 2.14. The Bertz CT molecular complexity index is 623. The van der Waals surface area contributed by atoms with Crippen LogP contribution < -0.4 is 9.47 Å². The molecule has 19 heavy (non-hydrogen) atoms. The van der Waals surface area contributed by atoms with Crippen molar-refractivity contribution in [3.05, 3.63) is 33.9 Å². The zero-order valence-electron chi connectivity index (χ0n) is 10.8. The smallest absolute Gasteiger partial charge is 0.228 e. The molecule has 0 saturated heterocycles. The average molecular weight is 325 g/mol. The molecule has 0 atom stereocenters. The molecule has 6 heteroatoms. The van der Waals surface area contributed by atoms with Crippen molar-refractivity contribution >= 4 is 22.2 Å². The van der Waals surface area contributed by atoms with Crippen LogP contribution >= 0.6 is 15.9 Å². The van der Waals surface area contributed by atoms with Crippen LogP contribution in [0, 0.1) is 6.92 Å². The van der Waals surface area contributed by atoms with Gasteiger partial charge in [0.2, 0.25) is 5.88 Å². The van der Waals surface area contributed by atoms with Gasteiger partial charge < -0.3 is 9.47 Å². The van der Waals surface area contributed by atoms with Crippen molar-refractivity contribution in [3.63, 3.8) is 0 Å². The fraction of sp³-hybridized carbons (Fsp3) is 0.231. The minimum absolute atomic E-state index is 0.415. The summed E-state index contributed by atoms with van der Waals surface area (Å²) in [5.41, 5.74) is 1.09. The van der Waals surface area contributed by atoms with Gasteiger partial charge in [0.15, 0.2) is 6.29 Å². The maximum atomic E-state index is 11.1. The van der Waals surface area contributed by atoms with Crippen LogP contribution in [0.1, 0.15) is 16.1 Å². The van der Waals surface area contributed by atoms with Crippen LogP contribution in [-0.2, 0) is 7.05 Å². The largest absolute Gasteiger partial charge is 0.497 e. The molecule has 2 rings (SSSR count). The van der Waals surface area contributed by atoms with E-state index in [9.17, 15) is 4.79 Å². The standard InChI is InChI=1S/C13H13BrN2O3/c1-8-10(7-17)13(16(2)15-8)19-12-5-4-9(18-3)6-11(12)14/h4-7H,1-3H3. The first kappa shape index (κ1) is 13.6. The number of aromatic nitrogens is 2. The van der Waals surface area contributed by atoms with Crippen LogP contribution in [0.4, 0.5) is 0 Å². The van der Waals surface area contributed by atoms with Gasteiger partial charge in [0, 0.05) is 7.05 Å². The van der Waals surface area contributed by atoms with E-state index in [1.807, 2.05) is 0 Å². The van der Waals surface area contributed by atoms with Gasteiger partial charge in [-0.2, -0.15) is 5.10 Å². The number of methoxy groups -OCH3 is 1. The van der Waals surface area contributed by atoms with E-state index < -0.39 is 0 Å². The predicted octanol–water partition coefficient (Wildman–Crippen LogP) is 3.10. The molecule has 1 aromatic heterocycles. The van der Waals surface area contributed by atoms with Gasteiger partial charge in [-0.3, -0.25) is 4.79 Å². The molecule has 0 unspecified atom stereocenters. The number of rotatable bonds is 4. The number of halogens is 1. The first-order valence-electron chi connectivity index (χ1n) is 5.57. The molecule has 100 valence electrons. The number of carbonyl (C=O) groups excluding carboxylic acids is 1. The molecule has 0 radical (unpaired) electrons. The number of aldehydes is 1. The van der Waals surface area contributed by atoms with Crippen molar-refractivity contribution in [1.29, 1.82) is 0 Å². The third kappa shape index (κ3) is 2.63. The first-order chi connectivity index (χ1) is 9.06. The van der Waals surface area contributed by atoms with Crippen molar-refractivity contribution in [2.75, 3.05) is 7.11 Å². The molecule has 5 nitrogen and oxygen atoms in total. The molecular weight excluding hydrogens is 312 g/mol.